The molecular formula is C26H22O2. The van der Waals surface area contributed by atoms with Crippen molar-refractivity contribution in [3.05, 3.63) is 103 Å². The number of allylic oxidation sites excluding steroid dienone is 2. The largest absolute Gasteiger partial charge is 0.496 e. The van der Waals surface area contributed by atoms with Gasteiger partial charge in [0.25, 0.3) is 0 Å². The molecule has 0 radical (unpaired) electrons. The van der Waals surface area contributed by atoms with Crippen LogP contribution in [0.4, 0.5) is 0 Å². The Labute approximate surface area is 165 Å². The molecule has 0 saturated heterocycles. The molecule has 28 heavy (non-hydrogen) atoms. The molecule has 0 saturated carbocycles. The minimum atomic E-state index is 0.872. The van der Waals surface area contributed by atoms with Gasteiger partial charge in [-0.1, -0.05) is 79.4 Å². The van der Waals surface area contributed by atoms with Gasteiger partial charge in [0.05, 0.1) is 14.2 Å². The standard InChI is InChI=1S/C26H22O2/c1-4-9-18(21-14-16-25(27-2)23-12-7-5-10-19(21)23)22-15-17-26(28-3)24-13-8-6-11-20(22)24/h4-17H,1H2,2-3H3. The van der Waals surface area contributed by atoms with Crippen LogP contribution in [-0.4, -0.2) is 14.2 Å². The van der Waals surface area contributed by atoms with Gasteiger partial charge in [0.15, 0.2) is 0 Å². The van der Waals surface area contributed by atoms with Crippen molar-refractivity contribution in [1.29, 1.82) is 0 Å². The first-order chi connectivity index (χ1) is 13.8. The summed E-state index contributed by atoms with van der Waals surface area (Å²) in [6, 6.07) is 24.9. The molecule has 4 aromatic carbocycles. The average Bonchev–Trinajstić information content (AvgIpc) is 2.76. The maximum absolute atomic E-state index is 5.57. The Morgan fingerprint density at radius 1 is 0.643 bits per heavy atom. The predicted octanol–water partition coefficient (Wildman–Crippen LogP) is 6.63. The second kappa shape index (κ2) is 7.61. The first-order valence-corrected chi connectivity index (χ1v) is 9.23. The van der Waals surface area contributed by atoms with Crippen LogP contribution in [0, 0.1) is 0 Å². The third kappa shape index (κ3) is 2.93. The summed E-state index contributed by atoms with van der Waals surface area (Å²) in [5.41, 5.74) is 3.41. The topological polar surface area (TPSA) is 18.5 Å². The molecule has 0 bridgehead atoms. The van der Waals surface area contributed by atoms with Gasteiger partial charge >= 0.3 is 0 Å². The van der Waals surface area contributed by atoms with Crippen molar-refractivity contribution >= 4 is 27.1 Å². The van der Waals surface area contributed by atoms with Crippen molar-refractivity contribution in [3.8, 4) is 11.5 Å². The normalized spacial score (nSPS) is 10.6. The number of benzene rings is 4. The second-order valence-corrected chi connectivity index (χ2v) is 6.54. The fourth-order valence-corrected chi connectivity index (χ4v) is 3.81. The van der Waals surface area contributed by atoms with Crippen molar-refractivity contribution < 1.29 is 9.47 Å². The number of fused-ring (bicyclic) bond motifs is 2. The van der Waals surface area contributed by atoms with Crippen molar-refractivity contribution in [2.24, 2.45) is 0 Å². The lowest BCUT2D eigenvalue weighted by molar-refractivity contribution is 0.420. The lowest BCUT2D eigenvalue weighted by Crippen LogP contribution is -1.95. The number of ether oxygens (including phenoxy) is 2. The van der Waals surface area contributed by atoms with Gasteiger partial charge in [0.1, 0.15) is 11.5 Å². The van der Waals surface area contributed by atoms with Crippen LogP contribution in [0.25, 0.3) is 27.1 Å². The van der Waals surface area contributed by atoms with Gasteiger partial charge in [-0.25, -0.2) is 0 Å². The molecule has 2 heteroatoms. The third-order valence-corrected chi connectivity index (χ3v) is 5.07. The maximum atomic E-state index is 5.57. The summed E-state index contributed by atoms with van der Waals surface area (Å²) in [4.78, 5) is 0. The Kier molecular flexibility index (Phi) is 4.86. The fraction of sp³-hybridized carbons (Fsp3) is 0.0769. The summed E-state index contributed by atoms with van der Waals surface area (Å²) in [7, 11) is 3.41. The van der Waals surface area contributed by atoms with E-state index in [1.807, 2.05) is 30.3 Å². The zero-order valence-corrected chi connectivity index (χ0v) is 16.1. The van der Waals surface area contributed by atoms with Gasteiger partial charge < -0.3 is 9.47 Å². The van der Waals surface area contributed by atoms with Crippen LogP contribution in [0.2, 0.25) is 0 Å². The highest BCUT2D eigenvalue weighted by Crippen LogP contribution is 2.39. The highest BCUT2D eigenvalue weighted by Gasteiger charge is 2.15. The van der Waals surface area contributed by atoms with Crippen LogP contribution in [0.3, 0.4) is 0 Å². The van der Waals surface area contributed by atoms with E-state index in [4.69, 9.17) is 9.47 Å². The molecule has 0 unspecified atom stereocenters. The SMILES string of the molecule is C=CC=C(c1ccc(OC)c2ccccc12)c1ccc(OC)c2ccccc12. The molecule has 2 nitrogen and oxygen atoms in total. The van der Waals surface area contributed by atoms with E-state index in [9.17, 15) is 0 Å². The van der Waals surface area contributed by atoms with E-state index < -0.39 is 0 Å². The highest BCUT2D eigenvalue weighted by atomic mass is 16.5. The summed E-state index contributed by atoms with van der Waals surface area (Å²) in [5.74, 6) is 1.74. The number of hydrogen-bond donors (Lipinski definition) is 0. The van der Waals surface area contributed by atoms with E-state index in [1.54, 1.807) is 14.2 Å². The van der Waals surface area contributed by atoms with Crippen molar-refractivity contribution in [3.63, 3.8) is 0 Å². The first kappa shape index (κ1) is 17.9. The maximum Gasteiger partial charge on any atom is 0.126 e. The van der Waals surface area contributed by atoms with Crippen molar-refractivity contribution in [2.75, 3.05) is 14.2 Å². The van der Waals surface area contributed by atoms with E-state index in [2.05, 4.69) is 61.2 Å². The van der Waals surface area contributed by atoms with Crippen LogP contribution in [0.5, 0.6) is 11.5 Å². The first-order valence-electron chi connectivity index (χ1n) is 9.23. The van der Waals surface area contributed by atoms with Crippen LogP contribution in [-0.2, 0) is 0 Å². The Morgan fingerprint density at radius 3 is 1.46 bits per heavy atom. The summed E-state index contributed by atoms with van der Waals surface area (Å²) in [6.07, 6.45) is 3.91. The molecule has 0 spiro atoms. The highest BCUT2D eigenvalue weighted by molar-refractivity contribution is 6.06. The van der Waals surface area contributed by atoms with Gasteiger partial charge in [0, 0.05) is 10.8 Å². The smallest absolute Gasteiger partial charge is 0.126 e. The van der Waals surface area contributed by atoms with Gasteiger partial charge in [-0.3, -0.25) is 0 Å². The molecular weight excluding hydrogens is 344 g/mol. The summed E-state index contributed by atoms with van der Waals surface area (Å²) < 4.78 is 11.1. The molecule has 0 aromatic heterocycles. The van der Waals surface area contributed by atoms with E-state index in [0.29, 0.717) is 0 Å². The molecule has 0 N–H and O–H groups in total. The average molecular weight is 366 g/mol. The predicted molar refractivity (Wildman–Crippen MR) is 118 cm³/mol. The molecule has 138 valence electrons. The van der Waals surface area contributed by atoms with Crippen LogP contribution >= 0.6 is 0 Å². The molecule has 4 aromatic rings. The number of methoxy groups -OCH3 is 2. The Hall–Kier alpha value is -3.52. The van der Waals surface area contributed by atoms with E-state index in [1.165, 1.54) is 0 Å². The molecule has 0 aliphatic heterocycles. The third-order valence-electron chi connectivity index (χ3n) is 5.07. The van der Waals surface area contributed by atoms with Crippen molar-refractivity contribution in [2.45, 2.75) is 0 Å². The van der Waals surface area contributed by atoms with Gasteiger partial charge in [-0.05, 0) is 39.6 Å². The zero-order chi connectivity index (χ0) is 19.5. The molecule has 4 rings (SSSR count). The zero-order valence-electron chi connectivity index (χ0n) is 16.1. The van der Waals surface area contributed by atoms with Gasteiger partial charge in [-0.15, -0.1) is 0 Å². The molecule has 0 heterocycles. The second-order valence-electron chi connectivity index (χ2n) is 6.54. The minimum absolute atomic E-state index is 0.872. The number of rotatable bonds is 5. The molecule has 0 aliphatic carbocycles. The minimum Gasteiger partial charge on any atom is -0.496 e. The fourth-order valence-electron chi connectivity index (χ4n) is 3.81. The van der Waals surface area contributed by atoms with Gasteiger partial charge in [-0.2, -0.15) is 0 Å². The van der Waals surface area contributed by atoms with Gasteiger partial charge in [0.2, 0.25) is 0 Å². The van der Waals surface area contributed by atoms with E-state index in [0.717, 1.165) is 49.7 Å². The quantitative estimate of drug-likeness (QED) is 0.369. The molecule has 0 atom stereocenters. The molecule has 0 aliphatic rings. The van der Waals surface area contributed by atoms with Crippen LogP contribution in [0.15, 0.2) is 91.5 Å². The number of hydrogen-bond acceptors (Lipinski definition) is 2. The Bertz CT molecular complexity index is 1110. The van der Waals surface area contributed by atoms with Crippen molar-refractivity contribution in [1.82, 2.24) is 0 Å². The molecule has 0 amide bonds. The summed E-state index contributed by atoms with van der Waals surface area (Å²) in [5, 5.41) is 4.48. The lowest BCUT2D eigenvalue weighted by atomic mass is 9.89. The Balaban J connectivity index is 2.04. The summed E-state index contributed by atoms with van der Waals surface area (Å²) >= 11 is 0. The van der Waals surface area contributed by atoms with Crippen LogP contribution in [0.1, 0.15) is 11.1 Å². The molecule has 0 fully saturated rings. The monoisotopic (exact) mass is 366 g/mol. The lowest BCUT2D eigenvalue weighted by Gasteiger charge is -2.16. The van der Waals surface area contributed by atoms with E-state index >= 15 is 0 Å². The van der Waals surface area contributed by atoms with Crippen LogP contribution < -0.4 is 9.47 Å². The van der Waals surface area contributed by atoms with E-state index in [-0.39, 0.29) is 0 Å². The summed E-state index contributed by atoms with van der Waals surface area (Å²) in [6.45, 7) is 3.95. The Morgan fingerprint density at radius 2 is 1.07 bits per heavy atom.